The first-order valence-electron chi connectivity index (χ1n) is 7.54. The summed E-state index contributed by atoms with van der Waals surface area (Å²) in [4.78, 5) is 27.2. The van der Waals surface area contributed by atoms with Crippen LogP contribution in [0, 0.1) is 0 Å². The lowest BCUT2D eigenvalue weighted by Gasteiger charge is -2.31. The van der Waals surface area contributed by atoms with Crippen molar-refractivity contribution in [3.05, 3.63) is 33.8 Å². The standard InChI is InChI=1S/C17H19BrN2O3S/c1-5-10(2)23-14-7-6-11(9-13(14)18)8-12-15(21)19(3)17(24)20(4)16(12)22/h6-10H,5H2,1-4H3/t10-/m0/s1. The van der Waals surface area contributed by atoms with Gasteiger partial charge in [-0.3, -0.25) is 19.4 Å². The second-order valence-corrected chi connectivity index (χ2v) is 6.81. The molecule has 0 aliphatic carbocycles. The molecule has 0 radical (unpaired) electrons. The van der Waals surface area contributed by atoms with E-state index in [9.17, 15) is 9.59 Å². The summed E-state index contributed by atoms with van der Waals surface area (Å²) in [6, 6.07) is 5.44. The lowest BCUT2D eigenvalue weighted by Crippen LogP contribution is -2.52. The number of amides is 2. The fraction of sp³-hybridized carbons (Fsp3) is 0.353. The SMILES string of the molecule is CC[C@H](C)Oc1ccc(C=C2C(=O)N(C)C(=S)N(C)C2=O)cc1Br. The number of nitrogens with zero attached hydrogens (tertiary/aromatic N) is 2. The minimum absolute atomic E-state index is 0.0797. The summed E-state index contributed by atoms with van der Waals surface area (Å²) < 4.78 is 6.56. The molecule has 24 heavy (non-hydrogen) atoms. The molecule has 1 aliphatic rings. The van der Waals surface area contributed by atoms with Gasteiger partial charge in [-0.1, -0.05) is 13.0 Å². The predicted molar refractivity (Wildman–Crippen MR) is 101 cm³/mol. The van der Waals surface area contributed by atoms with Crippen LogP contribution in [0.1, 0.15) is 25.8 Å². The van der Waals surface area contributed by atoms with E-state index in [0.29, 0.717) is 0 Å². The van der Waals surface area contributed by atoms with E-state index in [1.165, 1.54) is 9.80 Å². The van der Waals surface area contributed by atoms with Crippen molar-refractivity contribution in [3.63, 3.8) is 0 Å². The highest BCUT2D eigenvalue weighted by molar-refractivity contribution is 9.10. The molecule has 0 N–H and O–H groups in total. The number of rotatable bonds is 4. The summed E-state index contributed by atoms with van der Waals surface area (Å²) >= 11 is 8.54. The maximum atomic E-state index is 12.3. The van der Waals surface area contributed by atoms with Crippen molar-refractivity contribution in [1.29, 1.82) is 0 Å². The van der Waals surface area contributed by atoms with E-state index >= 15 is 0 Å². The van der Waals surface area contributed by atoms with Gasteiger partial charge in [-0.15, -0.1) is 0 Å². The van der Waals surface area contributed by atoms with Gasteiger partial charge in [0.05, 0.1) is 10.6 Å². The van der Waals surface area contributed by atoms with Gasteiger partial charge in [0.1, 0.15) is 11.3 Å². The molecule has 0 unspecified atom stereocenters. The van der Waals surface area contributed by atoms with Crippen molar-refractivity contribution in [1.82, 2.24) is 9.80 Å². The minimum Gasteiger partial charge on any atom is -0.490 e. The highest BCUT2D eigenvalue weighted by Gasteiger charge is 2.35. The third-order valence-corrected chi connectivity index (χ3v) is 4.98. The van der Waals surface area contributed by atoms with Crippen molar-refractivity contribution in [2.75, 3.05) is 14.1 Å². The smallest absolute Gasteiger partial charge is 0.265 e. The van der Waals surface area contributed by atoms with Gasteiger partial charge in [0.25, 0.3) is 11.8 Å². The van der Waals surface area contributed by atoms with E-state index in [-0.39, 0.29) is 16.8 Å². The molecule has 1 atom stereocenters. The summed E-state index contributed by atoms with van der Waals surface area (Å²) in [5, 5.41) is 0.195. The lowest BCUT2D eigenvalue weighted by molar-refractivity contribution is -0.132. The number of likely N-dealkylation sites (N-methyl/N-ethyl adjacent to an activating group) is 2. The van der Waals surface area contributed by atoms with Gasteiger partial charge in [-0.2, -0.15) is 0 Å². The number of hydrogen-bond donors (Lipinski definition) is 0. The molecule has 1 aromatic carbocycles. The maximum absolute atomic E-state index is 12.3. The highest BCUT2D eigenvalue weighted by Crippen LogP contribution is 2.29. The number of benzene rings is 1. The van der Waals surface area contributed by atoms with Crippen LogP contribution < -0.4 is 4.74 Å². The lowest BCUT2D eigenvalue weighted by atomic mass is 10.1. The van der Waals surface area contributed by atoms with Gasteiger partial charge in [0.2, 0.25) is 0 Å². The van der Waals surface area contributed by atoms with Crippen LogP contribution >= 0.6 is 28.1 Å². The zero-order chi connectivity index (χ0) is 18.0. The molecule has 1 fully saturated rings. The fourth-order valence-corrected chi connectivity index (χ4v) is 2.80. The molecule has 0 aromatic heterocycles. The van der Waals surface area contributed by atoms with Crippen LogP contribution in [0.15, 0.2) is 28.2 Å². The molecule has 1 aromatic rings. The average molecular weight is 411 g/mol. The number of ether oxygens (including phenoxy) is 1. The van der Waals surface area contributed by atoms with Gasteiger partial charge >= 0.3 is 0 Å². The van der Waals surface area contributed by atoms with Gasteiger partial charge in [0, 0.05) is 14.1 Å². The third-order valence-electron chi connectivity index (χ3n) is 3.81. The Labute approximate surface area is 155 Å². The van der Waals surface area contributed by atoms with Crippen LogP contribution in [-0.2, 0) is 9.59 Å². The summed E-state index contributed by atoms with van der Waals surface area (Å²) in [7, 11) is 3.11. The van der Waals surface area contributed by atoms with Crippen molar-refractivity contribution >= 4 is 51.2 Å². The number of carbonyl (C=O) groups is 2. The Balaban J connectivity index is 2.33. The molecule has 1 saturated heterocycles. The van der Waals surface area contributed by atoms with Crippen molar-refractivity contribution < 1.29 is 14.3 Å². The molecule has 1 aliphatic heterocycles. The Kier molecular flexibility index (Phi) is 5.77. The van der Waals surface area contributed by atoms with Gasteiger partial charge in [0.15, 0.2) is 5.11 Å². The Bertz CT molecular complexity index is 707. The molecule has 0 saturated carbocycles. The van der Waals surface area contributed by atoms with Gasteiger partial charge in [-0.25, -0.2) is 0 Å². The molecule has 2 amide bonds. The monoisotopic (exact) mass is 410 g/mol. The minimum atomic E-state index is -0.404. The van der Waals surface area contributed by atoms with Crippen molar-refractivity contribution in [3.8, 4) is 5.75 Å². The van der Waals surface area contributed by atoms with Crippen LogP contribution in [0.2, 0.25) is 0 Å². The van der Waals surface area contributed by atoms with E-state index in [1.807, 2.05) is 25.1 Å². The van der Waals surface area contributed by atoms with Crippen molar-refractivity contribution in [2.45, 2.75) is 26.4 Å². The molecule has 2 rings (SSSR count). The highest BCUT2D eigenvalue weighted by atomic mass is 79.9. The Hall–Kier alpha value is -1.73. The average Bonchev–Trinajstić information content (AvgIpc) is 2.57. The van der Waals surface area contributed by atoms with Gasteiger partial charge < -0.3 is 4.74 Å². The summed E-state index contributed by atoms with van der Waals surface area (Å²) in [6.07, 6.45) is 2.58. The second-order valence-electron chi connectivity index (χ2n) is 5.60. The molecule has 1 heterocycles. The van der Waals surface area contributed by atoms with Crippen LogP contribution in [0.4, 0.5) is 0 Å². The second kappa shape index (κ2) is 7.44. The zero-order valence-electron chi connectivity index (χ0n) is 14.0. The molecule has 0 spiro atoms. The zero-order valence-corrected chi connectivity index (χ0v) is 16.4. The first-order valence-corrected chi connectivity index (χ1v) is 8.74. The topological polar surface area (TPSA) is 49.9 Å². The number of thiocarbonyl (C=S) groups is 1. The van der Waals surface area contributed by atoms with E-state index < -0.39 is 11.8 Å². The maximum Gasteiger partial charge on any atom is 0.265 e. The summed E-state index contributed by atoms with van der Waals surface area (Å²) in [5.41, 5.74) is 0.806. The van der Waals surface area contributed by atoms with Crippen LogP contribution in [0.25, 0.3) is 6.08 Å². The van der Waals surface area contributed by atoms with Crippen molar-refractivity contribution in [2.24, 2.45) is 0 Å². The van der Waals surface area contributed by atoms with Crippen LogP contribution in [-0.4, -0.2) is 46.9 Å². The quantitative estimate of drug-likeness (QED) is 0.434. The molecule has 0 bridgehead atoms. The molecule has 128 valence electrons. The number of carbonyl (C=O) groups excluding carboxylic acids is 2. The summed E-state index contributed by atoms with van der Waals surface area (Å²) in [6.45, 7) is 4.05. The van der Waals surface area contributed by atoms with Gasteiger partial charge in [-0.05, 0) is 65.3 Å². The fourth-order valence-electron chi connectivity index (χ4n) is 2.14. The molecular formula is C17H19BrN2O3S. The molecular weight excluding hydrogens is 392 g/mol. The first kappa shape index (κ1) is 18.6. The van der Waals surface area contributed by atoms with Crippen LogP contribution in [0.3, 0.4) is 0 Å². The number of halogens is 1. The summed E-state index contributed by atoms with van der Waals surface area (Å²) in [5.74, 6) is -0.0819. The molecule has 5 nitrogen and oxygen atoms in total. The van der Waals surface area contributed by atoms with E-state index in [0.717, 1.165) is 22.2 Å². The Morgan fingerprint density at radius 2 is 1.83 bits per heavy atom. The normalized spacial score (nSPS) is 16.5. The largest absolute Gasteiger partial charge is 0.490 e. The Morgan fingerprint density at radius 3 is 2.33 bits per heavy atom. The first-order chi connectivity index (χ1) is 11.3. The molecule has 7 heteroatoms. The predicted octanol–water partition coefficient (Wildman–Crippen LogP) is 3.23. The van der Waals surface area contributed by atoms with E-state index in [2.05, 4.69) is 22.9 Å². The van der Waals surface area contributed by atoms with Crippen LogP contribution in [0.5, 0.6) is 5.75 Å². The van der Waals surface area contributed by atoms with E-state index in [1.54, 1.807) is 20.2 Å². The third kappa shape index (κ3) is 3.67. The Morgan fingerprint density at radius 1 is 1.25 bits per heavy atom. The number of hydrogen-bond acceptors (Lipinski definition) is 4. The van der Waals surface area contributed by atoms with E-state index in [4.69, 9.17) is 17.0 Å².